The fourth-order valence-electron chi connectivity index (χ4n) is 1.24. The van der Waals surface area contributed by atoms with Gasteiger partial charge < -0.3 is 4.42 Å². The highest BCUT2D eigenvalue weighted by Gasteiger charge is 2.05. The van der Waals surface area contributed by atoms with Crippen LogP contribution >= 0.6 is 15.9 Å². The molecular formula is C11H10BrNO. The van der Waals surface area contributed by atoms with Crippen molar-refractivity contribution >= 4 is 33.1 Å². The highest BCUT2D eigenvalue weighted by Crippen LogP contribution is 2.25. The summed E-state index contributed by atoms with van der Waals surface area (Å²) in [6.07, 6.45) is 1.92. The van der Waals surface area contributed by atoms with Gasteiger partial charge in [-0.2, -0.15) is 0 Å². The maximum Gasteiger partial charge on any atom is 0.219 e. The van der Waals surface area contributed by atoms with Crippen LogP contribution in [0, 0.1) is 0 Å². The summed E-state index contributed by atoms with van der Waals surface area (Å²) in [5, 5.41) is 0. The predicted molar refractivity (Wildman–Crippen MR) is 61.0 cm³/mol. The minimum atomic E-state index is 0.659. The van der Waals surface area contributed by atoms with E-state index in [4.69, 9.17) is 4.42 Å². The van der Waals surface area contributed by atoms with Gasteiger partial charge in [-0.1, -0.05) is 11.6 Å². The Labute approximate surface area is 90.8 Å². The van der Waals surface area contributed by atoms with E-state index in [2.05, 4.69) is 20.9 Å². The number of nitrogens with zero attached hydrogens (tertiary/aromatic N) is 1. The molecule has 2 aromatic rings. The van der Waals surface area contributed by atoms with Crippen LogP contribution in [0.5, 0.6) is 0 Å². The van der Waals surface area contributed by atoms with Gasteiger partial charge in [0.2, 0.25) is 5.89 Å². The molecule has 2 nitrogen and oxygen atoms in total. The molecule has 0 atom stereocenters. The lowest BCUT2D eigenvalue weighted by molar-refractivity contribution is 0.587. The van der Waals surface area contributed by atoms with Gasteiger partial charge >= 0.3 is 0 Å². The third kappa shape index (κ3) is 1.73. The molecule has 0 unspecified atom stereocenters. The highest BCUT2D eigenvalue weighted by atomic mass is 79.9. The van der Waals surface area contributed by atoms with Gasteiger partial charge in [-0.05, 0) is 48.0 Å². The van der Waals surface area contributed by atoms with Gasteiger partial charge in [-0.25, -0.2) is 4.98 Å². The Morgan fingerprint density at radius 3 is 2.86 bits per heavy atom. The van der Waals surface area contributed by atoms with Gasteiger partial charge in [0, 0.05) is 0 Å². The van der Waals surface area contributed by atoms with Crippen molar-refractivity contribution in [3.05, 3.63) is 34.1 Å². The van der Waals surface area contributed by atoms with Crippen LogP contribution in [-0.2, 0) is 0 Å². The topological polar surface area (TPSA) is 26.0 Å². The number of halogens is 1. The summed E-state index contributed by atoms with van der Waals surface area (Å²) >= 11 is 3.42. The van der Waals surface area contributed by atoms with Crippen LogP contribution in [0.3, 0.4) is 0 Å². The van der Waals surface area contributed by atoms with Crippen LogP contribution < -0.4 is 0 Å². The van der Waals surface area contributed by atoms with Gasteiger partial charge in [0.25, 0.3) is 0 Å². The van der Waals surface area contributed by atoms with Crippen molar-refractivity contribution in [3.63, 3.8) is 0 Å². The van der Waals surface area contributed by atoms with Crippen molar-refractivity contribution in [3.8, 4) is 0 Å². The van der Waals surface area contributed by atoms with Crippen LogP contribution in [0.1, 0.15) is 19.7 Å². The average Bonchev–Trinajstić information content (AvgIpc) is 2.47. The van der Waals surface area contributed by atoms with Crippen molar-refractivity contribution in [2.75, 3.05) is 0 Å². The number of oxazole rings is 1. The lowest BCUT2D eigenvalue weighted by Crippen LogP contribution is -1.70. The zero-order valence-electron chi connectivity index (χ0n) is 8.04. The summed E-state index contributed by atoms with van der Waals surface area (Å²) in [5.41, 5.74) is 2.86. The first-order chi connectivity index (χ1) is 6.66. The number of fused-ring (bicyclic) bond motifs is 1. The van der Waals surface area contributed by atoms with Crippen molar-refractivity contribution in [2.24, 2.45) is 0 Å². The minimum Gasteiger partial charge on any atom is -0.436 e. The van der Waals surface area contributed by atoms with Crippen molar-refractivity contribution < 1.29 is 4.42 Å². The average molecular weight is 252 g/mol. The Balaban J connectivity index is 2.63. The van der Waals surface area contributed by atoms with E-state index in [9.17, 15) is 0 Å². The fraction of sp³-hybridized carbons (Fsp3) is 0.182. The first kappa shape index (κ1) is 9.46. The van der Waals surface area contributed by atoms with Crippen molar-refractivity contribution in [1.29, 1.82) is 0 Å². The summed E-state index contributed by atoms with van der Waals surface area (Å²) in [5.74, 6) is 0.659. The molecule has 0 saturated heterocycles. The first-order valence-electron chi connectivity index (χ1n) is 4.37. The third-order valence-corrected chi connectivity index (χ3v) is 2.42. The van der Waals surface area contributed by atoms with Gasteiger partial charge in [-0.3, -0.25) is 0 Å². The monoisotopic (exact) mass is 251 g/mol. The second-order valence-corrected chi connectivity index (χ2v) is 4.22. The summed E-state index contributed by atoms with van der Waals surface area (Å²) in [7, 11) is 0. The SMILES string of the molecule is CC(C)=Cc1nc2cccc(Br)c2o1. The van der Waals surface area contributed by atoms with E-state index in [0.29, 0.717) is 5.89 Å². The molecule has 0 aliphatic heterocycles. The maximum absolute atomic E-state index is 5.58. The molecule has 0 N–H and O–H groups in total. The quantitative estimate of drug-likeness (QED) is 0.766. The van der Waals surface area contributed by atoms with E-state index < -0.39 is 0 Å². The molecule has 1 aromatic carbocycles. The molecule has 1 aromatic heterocycles. The number of para-hydroxylation sites is 1. The molecule has 0 amide bonds. The Bertz CT molecular complexity index is 495. The van der Waals surface area contributed by atoms with Crippen LogP contribution in [0.4, 0.5) is 0 Å². The van der Waals surface area contributed by atoms with Crippen LogP contribution in [0.2, 0.25) is 0 Å². The van der Waals surface area contributed by atoms with Gasteiger partial charge in [0.05, 0.1) is 4.47 Å². The smallest absolute Gasteiger partial charge is 0.219 e. The van der Waals surface area contributed by atoms with Gasteiger partial charge in [0.1, 0.15) is 5.52 Å². The van der Waals surface area contributed by atoms with E-state index >= 15 is 0 Å². The largest absolute Gasteiger partial charge is 0.436 e. The molecule has 0 radical (unpaired) electrons. The summed E-state index contributed by atoms with van der Waals surface area (Å²) in [4.78, 5) is 4.34. The Kier molecular flexibility index (Phi) is 2.42. The van der Waals surface area contributed by atoms with Crippen LogP contribution in [0.15, 0.2) is 32.7 Å². The molecular weight excluding hydrogens is 242 g/mol. The molecule has 0 saturated carbocycles. The standard InChI is InChI=1S/C11H10BrNO/c1-7(2)6-10-13-9-5-3-4-8(12)11(9)14-10/h3-6H,1-2H3. The summed E-state index contributed by atoms with van der Waals surface area (Å²) in [6.45, 7) is 4.04. The van der Waals surface area contributed by atoms with Gasteiger partial charge in [-0.15, -0.1) is 0 Å². The van der Waals surface area contributed by atoms with E-state index in [1.54, 1.807) is 0 Å². The predicted octanol–water partition coefficient (Wildman–Crippen LogP) is 4.01. The Hall–Kier alpha value is -1.09. The summed E-state index contributed by atoms with van der Waals surface area (Å²) < 4.78 is 6.52. The minimum absolute atomic E-state index is 0.659. The molecule has 0 aliphatic carbocycles. The molecule has 1 heterocycles. The van der Waals surface area contributed by atoms with Gasteiger partial charge in [0.15, 0.2) is 5.58 Å². The lowest BCUT2D eigenvalue weighted by Gasteiger charge is -1.88. The molecule has 72 valence electrons. The number of benzene rings is 1. The summed E-state index contributed by atoms with van der Waals surface area (Å²) in [6, 6.07) is 5.83. The van der Waals surface area contributed by atoms with Crippen LogP contribution in [-0.4, -0.2) is 4.98 Å². The molecule has 3 heteroatoms. The number of hydrogen-bond donors (Lipinski definition) is 0. The third-order valence-electron chi connectivity index (χ3n) is 1.80. The van der Waals surface area contributed by atoms with E-state index in [1.165, 1.54) is 5.57 Å². The first-order valence-corrected chi connectivity index (χ1v) is 5.16. The zero-order chi connectivity index (χ0) is 10.1. The number of rotatable bonds is 1. The van der Waals surface area contributed by atoms with Crippen LogP contribution in [0.25, 0.3) is 17.2 Å². The Morgan fingerprint density at radius 1 is 1.43 bits per heavy atom. The molecule has 0 aliphatic rings. The molecule has 2 rings (SSSR count). The fourth-order valence-corrected chi connectivity index (χ4v) is 1.68. The highest BCUT2D eigenvalue weighted by molar-refractivity contribution is 9.10. The molecule has 0 fully saturated rings. The molecule has 0 bridgehead atoms. The lowest BCUT2D eigenvalue weighted by atomic mass is 10.3. The molecule has 0 spiro atoms. The maximum atomic E-state index is 5.58. The number of aromatic nitrogens is 1. The van der Waals surface area contributed by atoms with E-state index in [0.717, 1.165) is 15.6 Å². The van der Waals surface area contributed by atoms with E-state index in [-0.39, 0.29) is 0 Å². The normalized spacial score (nSPS) is 10.5. The zero-order valence-corrected chi connectivity index (χ0v) is 9.63. The number of hydrogen-bond acceptors (Lipinski definition) is 2. The second-order valence-electron chi connectivity index (χ2n) is 3.36. The number of allylic oxidation sites excluding steroid dienone is 1. The Morgan fingerprint density at radius 2 is 2.21 bits per heavy atom. The van der Waals surface area contributed by atoms with Crippen molar-refractivity contribution in [1.82, 2.24) is 4.98 Å². The second kappa shape index (κ2) is 3.58. The van der Waals surface area contributed by atoms with E-state index in [1.807, 2.05) is 38.1 Å². The molecule has 14 heavy (non-hydrogen) atoms. The van der Waals surface area contributed by atoms with Crippen molar-refractivity contribution in [2.45, 2.75) is 13.8 Å².